The lowest BCUT2D eigenvalue weighted by atomic mass is 10.2. The normalized spacial score (nSPS) is 14.7. The number of thiazole rings is 1. The Morgan fingerprint density at radius 2 is 1.64 bits per heavy atom. The molecule has 1 fully saturated rings. The standard InChI is InChI=1S/C26H33BrN4O3S2/c1-3-5-13-31(14-6-4-2)36(33,34)22-10-7-20(8-11-22)25(32)29-15-17-30(18-16-29)26-28-23-12-9-21(27)19-24(23)35-26/h7-12,19H,3-6,13-18H2,1-2H3. The Bertz CT molecular complexity index is 1280. The quantitative estimate of drug-likeness (QED) is 0.306. The van der Waals surface area contributed by atoms with Crippen LogP contribution in [-0.2, 0) is 10.0 Å². The van der Waals surface area contributed by atoms with E-state index in [4.69, 9.17) is 4.98 Å². The Balaban J connectivity index is 1.39. The van der Waals surface area contributed by atoms with Crippen LogP contribution in [0.3, 0.4) is 0 Å². The molecule has 2 heterocycles. The molecule has 1 aliphatic heterocycles. The van der Waals surface area contributed by atoms with E-state index in [-0.39, 0.29) is 10.8 Å². The first-order valence-electron chi connectivity index (χ1n) is 12.5. The predicted octanol–water partition coefficient (Wildman–Crippen LogP) is 5.61. The molecular formula is C26H33BrN4O3S2. The second-order valence-corrected chi connectivity index (χ2v) is 12.9. The Hall–Kier alpha value is -2.01. The lowest BCUT2D eigenvalue weighted by Crippen LogP contribution is -2.48. The monoisotopic (exact) mass is 592 g/mol. The molecule has 0 N–H and O–H groups in total. The van der Waals surface area contributed by atoms with Gasteiger partial charge in [0.1, 0.15) is 0 Å². The molecule has 36 heavy (non-hydrogen) atoms. The van der Waals surface area contributed by atoms with E-state index in [1.807, 2.05) is 17.0 Å². The number of carbonyl (C=O) groups excluding carboxylic acids is 1. The van der Waals surface area contributed by atoms with Crippen molar-refractivity contribution in [2.75, 3.05) is 44.2 Å². The van der Waals surface area contributed by atoms with E-state index in [9.17, 15) is 13.2 Å². The van der Waals surface area contributed by atoms with Gasteiger partial charge in [-0.2, -0.15) is 4.31 Å². The SMILES string of the molecule is CCCCN(CCCC)S(=O)(=O)c1ccc(C(=O)N2CCN(c3nc4ccc(Br)cc4s3)CC2)cc1. The topological polar surface area (TPSA) is 73.8 Å². The van der Waals surface area contributed by atoms with Gasteiger partial charge < -0.3 is 9.80 Å². The number of benzene rings is 2. The summed E-state index contributed by atoms with van der Waals surface area (Å²) in [6.07, 6.45) is 3.55. The smallest absolute Gasteiger partial charge is 0.253 e. The third kappa shape index (κ3) is 6.10. The first-order valence-corrected chi connectivity index (χ1v) is 15.6. The lowest BCUT2D eigenvalue weighted by molar-refractivity contribution is 0.0746. The second kappa shape index (κ2) is 12.0. The second-order valence-electron chi connectivity index (χ2n) is 9.02. The van der Waals surface area contributed by atoms with Crippen molar-refractivity contribution in [2.45, 2.75) is 44.4 Å². The fraction of sp³-hybridized carbons (Fsp3) is 0.462. The number of piperazine rings is 1. The van der Waals surface area contributed by atoms with Crippen LogP contribution in [0, 0.1) is 0 Å². The number of halogens is 1. The minimum absolute atomic E-state index is 0.0688. The maximum Gasteiger partial charge on any atom is 0.253 e. The van der Waals surface area contributed by atoms with E-state index in [0.717, 1.165) is 45.5 Å². The van der Waals surface area contributed by atoms with Crippen molar-refractivity contribution >= 4 is 58.5 Å². The average Bonchev–Trinajstić information content (AvgIpc) is 3.31. The molecule has 1 amide bonds. The fourth-order valence-corrected chi connectivity index (χ4v) is 7.33. The molecule has 3 aromatic rings. The summed E-state index contributed by atoms with van der Waals surface area (Å²) in [5, 5.41) is 0.973. The summed E-state index contributed by atoms with van der Waals surface area (Å²) < 4.78 is 30.1. The molecule has 0 spiro atoms. The molecule has 0 radical (unpaired) electrons. The number of sulfonamides is 1. The van der Waals surface area contributed by atoms with Gasteiger partial charge in [0.15, 0.2) is 5.13 Å². The Morgan fingerprint density at radius 3 is 2.25 bits per heavy atom. The largest absolute Gasteiger partial charge is 0.345 e. The van der Waals surface area contributed by atoms with Gasteiger partial charge >= 0.3 is 0 Å². The highest BCUT2D eigenvalue weighted by Crippen LogP contribution is 2.31. The van der Waals surface area contributed by atoms with Crippen molar-refractivity contribution in [1.29, 1.82) is 0 Å². The third-order valence-electron chi connectivity index (χ3n) is 6.44. The van der Waals surface area contributed by atoms with Crippen molar-refractivity contribution in [3.8, 4) is 0 Å². The number of rotatable bonds is 10. The number of hydrogen-bond donors (Lipinski definition) is 0. The van der Waals surface area contributed by atoms with Gasteiger partial charge in [0.2, 0.25) is 10.0 Å². The van der Waals surface area contributed by atoms with E-state index < -0.39 is 10.0 Å². The van der Waals surface area contributed by atoms with Crippen molar-refractivity contribution in [2.24, 2.45) is 0 Å². The summed E-state index contributed by atoms with van der Waals surface area (Å²) in [6.45, 7) is 7.78. The highest BCUT2D eigenvalue weighted by molar-refractivity contribution is 9.10. The van der Waals surface area contributed by atoms with Crippen LogP contribution in [0.25, 0.3) is 10.2 Å². The lowest BCUT2D eigenvalue weighted by Gasteiger charge is -2.34. The molecule has 10 heteroatoms. The zero-order valence-corrected chi connectivity index (χ0v) is 24.0. The van der Waals surface area contributed by atoms with Crippen LogP contribution < -0.4 is 4.90 Å². The van der Waals surface area contributed by atoms with Gasteiger partial charge in [-0.3, -0.25) is 4.79 Å². The number of anilines is 1. The molecule has 0 atom stereocenters. The highest BCUT2D eigenvalue weighted by atomic mass is 79.9. The zero-order chi connectivity index (χ0) is 25.7. The van der Waals surface area contributed by atoms with Crippen molar-refractivity contribution in [1.82, 2.24) is 14.2 Å². The van der Waals surface area contributed by atoms with E-state index in [0.29, 0.717) is 44.8 Å². The molecule has 0 bridgehead atoms. The van der Waals surface area contributed by atoms with E-state index >= 15 is 0 Å². The molecule has 1 aromatic heterocycles. The van der Waals surface area contributed by atoms with Crippen LogP contribution in [0.2, 0.25) is 0 Å². The number of aromatic nitrogens is 1. The summed E-state index contributed by atoms with van der Waals surface area (Å²) in [7, 11) is -3.57. The Labute approximate surface area is 226 Å². The molecule has 194 valence electrons. The zero-order valence-electron chi connectivity index (χ0n) is 20.8. The number of fused-ring (bicyclic) bond motifs is 1. The Morgan fingerprint density at radius 1 is 1.00 bits per heavy atom. The van der Waals surface area contributed by atoms with Gasteiger partial charge in [-0.1, -0.05) is 54.0 Å². The molecule has 2 aromatic carbocycles. The summed E-state index contributed by atoms with van der Waals surface area (Å²) in [5.41, 5.74) is 1.50. The van der Waals surface area contributed by atoms with E-state index in [2.05, 4.69) is 40.7 Å². The maximum atomic E-state index is 13.2. The van der Waals surface area contributed by atoms with E-state index in [1.54, 1.807) is 39.9 Å². The number of hydrogen-bond acceptors (Lipinski definition) is 6. The van der Waals surface area contributed by atoms with Gasteiger partial charge in [-0.05, 0) is 55.3 Å². The first-order chi connectivity index (χ1) is 17.3. The van der Waals surface area contributed by atoms with Crippen LogP contribution in [-0.4, -0.2) is 67.8 Å². The minimum atomic E-state index is -3.57. The van der Waals surface area contributed by atoms with E-state index in [1.165, 1.54) is 0 Å². The van der Waals surface area contributed by atoms with Gasteiger partial charge in [-0.15, -0.1) is 0 Å². The maximum absolute atomic E-state index is 13.2. The predicted molar refractivity (Wildman–Crippen MR) is 150 cm³/mol. The first kappa shape index (κ1) is 27.0. The highest BCUT2D eigenvalue weighted by Gasteiger charge is 2.26. The van der Waals surface area contributed by atoms with Crippen LogP contribution in [0.5, 0.6) is 0 Å². The van der Waals surface area contributed by atoms with Crippen LogP contribution >= 0.6 is 27.3 Å². The van der Waals surface area contributed by atoms with Crippen LogP contribution in [0.4, 0.5) is 5.13 Å². The number of carbonyl (C=O) groups is 1. The number of nitrogens with zero attached hydrogens (tertiary/aromatic N) is 4. The van der Waals surface area contributed by atoms with Gasteiger partial charge in [0.25, 0.3) is 5.91 Å². The fourth-order valence-electron chi connectivity index (χ4n) is 4.24. The van der Waals surface area contributed by atoms with Crippen molar-refractivity contribution in [3.63, 3.8) is 0 Å². The molecule has 7 nitrogen and oxygen atoms in total. The van der Waals surface area contributed by atoms with Gasteiger partial charge in [0.05, 0.1) is 15.1 Å². The minimum Gasteiger partial charge on any atom is -0.345 e. The summed E-state index contributed by atoms with van der Waals surface area (Å²) in [5.74, 6) is -0.0688. The number of amides is 1. The molecule has 1 saturated heterocycles. The van der Waals surface area contributed by atoms with Gasteiger partial charge in [-0.25, -0.2) is 13.4 Å². The molecule has 0 aliphatic carbocycles. The molecule has 1 aliphatic rings. The van der Waals surface area contributed by atoms with Crippen LogP contribution in [0.15, 0.2) is 51.8 Å². The van der Waals surface area contributed by atoms with Crippen LogP contribution in [0.1, 0.15) is 49.9 Å². The summed E-state index contributed by atoms with van der Waals surface area (Å²) in [6, 6.07) is 12.5. The van der Waals surface area contributed by atoms with Crippen molar-refractivity contribution < 1.29 is 13.2 Å². The average molecular weight is 594 g/mol. The molecule has 0 unspecified atom stereocenters. The van der Waals surface area contributed by atoms with Gasteiger partial charge in [0, 0.05) is 49.3 Å². The number of unbranched alkanes of at least 4 members (excludes halogenated alkanes) is 2. The van der Waals surface area contributed by atoms with Crippen molar-refractivity contribution in [3.05, 3.63) is 52.5 Å². The molecule has 4 rings (SSSR count). The molecule has 0 saturated carbocycles. The Kier molecular flexibility index (Phi) is 9.03. The molecular weight excluding hydrogens is 560 g/mol. The third-order valence-corrected chi connectivity index (χ3v) is 9.92. The summed E-state index contributed by atoms with van der Waals surface area (Å²) in [4.78, 5) is 22.2. The summed E-state index contributed by atoms with van der Waals surface area (Å²) >= 11 is 5.17.